The van der Waals surface area contributed by atoms with E-state index in [-0.39, 0.29) is 23.5 Å². The van der Waals surface area contributed by atoms with Crippen LogP contribution in [0.3, 0.4) is 0 Å². The molecule has 164 valence electrons. The molecule has 1 fully saturated rings. The molecule has 4 rings (SSSR count). The van der Waals surface area contributed by atoms with Crippen LogP contribution in [-0.2, 0) is 11.0 Å². The molecule has 3 heterocycles. The normalized spacial score (nSPS) is 16.5. The number of carbonyl (C=O) groups excluding carboxylic acids is 1. The van der Waals surface area contributed by atoms with E-state index in [0.717, 1.165) is 15.6 Å². The van der Waals surface area contributed by atoms with Crippen LogP contribution < -0.4 is 10.2 Å². The second-order valence-corrected chi connectivity index (χ2v) is 7.83. The number of aryl methyl sites for hydroxylation is 1. The van der Waals surface area contributed by atoms with Crippen molar-refractivity contribution in [3.63, 3.8) is 0 Å². The van der Waals surface area contributed by atoms with Crippen LogP contribution in [0.5, 0.6) is 0 Å². The van der Waals surface area contributed by atoms with E-state index >= 15 is 0 Å². The van der Waals surface area contributed by atoms with E-state index in [1.165, 1.54) is 6.07 Å². The quantitative estimate of drug-likeness (QED) is 0.683. The second kappa shape index (κ2) is 8.16. The highest BCUT2D eigenvalue weighted by atomic mass is 19.4. The predicted molar refractivity (Wildman–Crippen MR) is 108 cm³/mol. The largest absolute Gasteiger partial charge is 0.453 e. The minimum atomic E-state index is -4.63. The highest BCUT2D eigenvalue weighted by Gasteiger charge is 2.38. The first-order chi connectivity index (χ1) is 14.7. The summed E-state index contributed by atoms with van der Waals surface area (Å²) < 4.78 is 40.0. The molecule has 1 aliphatic heterocycles. The topological polar surface area (TPSA) is 75.4 Å². The van der Waals surface area contributed by atoms with E-state index in [9.17, 15) is 18.0 Å². The average Bonchev–Trinajstić information content (AvgIpc) is 3.18. The zero-order chi connectivity index (χ0) is 22.2. The summed E-state index contributed by atoms with van der Waals surface area (Å²) in [5.74, 6) is -0.891. The van der Waals surface area contributed by atoms with Crippen LogP contribution >= 0.6 is 0 Å². The van der Waals surface area contributed by atoms with Crippen LogP contribution in [0.25, 0.3) is 5.65 Å². The molecule has 7 nitrogen and oxygen atoms in total. The molecule has 0 saturated carbocycles. The number of nitrogens with one attached hydrogen (secondary N) is 1. The summed E-state index contributed by atoms with van der Waals surface area (Å²) in [5, 5.41) is 13.9. The van der Waals surface area contributed by atoms with Crippen LogP contribution in [0.15, 0.2) is 36.4 Å². The molecule has 1 amide bonds. The summed E-state index contributed by atoms with van der Waals surface area (Å²) in [6, 6.07) is 10.9. The molecule has 1 atom stereocenters. The van der Waals surface area contributed by atoms with Crippen molar-refractivity contribution in [1.29, 1.82) is 0 Å². The van der Waals surface area contributed by atoms with E-state index in [4.69, 9.17) is 0 Å². The van der Waals surface area contributed by atoms with Gasteiger partial charge in [-0.15, -0.1) is 15.3 Å². The van der Waals surface area contributed by atoms with Gasteiger partial charge in [0.15, 0.2) is 5.65 Å². The Balaban J connectivity index is 1.40. The van der Waals surface area contributed by atoms with Gasteiger partial charge < -0.3 is 10.2 Å². The number of halogens is 3. The molecule has 31 heavy (non-hydrogen) atoms. The molecule has 1 saturated heterocycles. The number of hydrogen-bond acceptors (Lipinski definition) is 5. The van der Waals surface area contributed by atoms with Crippen molar-refractivity contribution >= 4 is 17.4 Å². The van der Waals surface area contributed by atoms with E-state index in [1.54, 1.807) is 6.07 Å². The highest BCUT2D eigenvalue weighted by Crippen LogP contribution is 2.29. The summed E-state index contributed by atoms with van der Waals surface area (Å²) in [6.07, 6.45) is -3.44. The van der Waals surface area contributed by atoms with Gasteiger partial charge in [-0.2, -0.15) is 17.7 Å². The van der Waals surface area contributed by atoms with Crippen LogP contribution in [0.2, 0.25) is 0 Å². The molecule has 1 N–H and O–H groups in total. The van der Waals surface area contributed by atoms with Gasteiger partial charge in [-0.1, -0.05) is 24.3 Å². The van der Waals surface area contributed by atoms with Gasteiger partial charge in [-0.05, 0) is 49.9 Å². The number of benzene rings is 1. The zero-order valence-electron chi connectivity index (χ0n) is 17.2. The maximum Gasteiger partial charge on any atom is 0.453 e. The van der Waals surface area contributed by atoms with E-state index in [1.807, 2.05) is 43.0 Å². The van der Waals surface area contributed by atoms with Gasteiger partial charge >= 0.3 is 6.18 Å². The Bertz CT molecular complexity index is 1090. The first-order valence-electron chi connectivity index (χ1n) is 10.1. The van der Waals surface area contributed by atoms with E-state index in [2.05, 4.69) is 20.6 Å². The van der Waals surface area contributed by atoms with Crippen molar-refractivity contribution in [1.82, 2.24) is 25.1 Å². The lowest BCUT2D eigenvalue weighted by Gasteiger charge is -2.32. The lowest BCUT2D eigenvalue weighted by Crippen LogP contribution is -2.41. The standard InChI is InChI=1S/C21H23F3N6O/c1-13-5-3-4-6-16(13)14(2)25-19(31)15-9-11-29(12-10-15)18-8-7-17-26-27-20(21(22,23)24)30(17)28-18/h3-8,14-15H,9-12H2,1-2H3,(H,25,31)/t14-/m1/s1. The highest BCUT2D eigenvalue weighted by molar-refractivity contribution is 5.79. The van der Waals surface area contributed by atoms with Crippen LogP contribution in [0, 0.1) is 12.8 Å². The predicted octanol–water partition coefficient (Wildman–Crippen LogP) is 3.55. The van der Waals surface area contributed by atoms with Gasteiger partial charge in [-0.3, -0.25) is 4.79 Å². The molecular formula is C21H23F3N6O. The number of nitrogens with zero attached hydrogens (tertiary/aromatic N) is 5. The third kappa shape index (κ3) is 4.33. The molecule has 1 aromatic carbocycles. The zero-order valence-corrected chi connectivity index (χ0v) is 17.2. The number of aromatic nitrogens is 4. The lowest BCUT2D eigenvalue weighted by molar-refractivity contribution is -0.146. The van der Waals surface area contributed by atoms with Crippen molar-refractivity contribution in [2.24, 2.45) is 5.92 Å². The molecule has 3 aromatic rings. The molecule has 10 heteroatoms. The molecular weight excluding hydrogens is 409 g/mol. The number of fused-ring (bicyclic) bond motifs is 1. The van der Waals surface area contributed by atoms with Gasteiger partial charge in [0.05, 0.1) is 6.04 Å². The third-order valence-electron chi connectivity index (χ3n) is 5.71. The van der Waals surface area contributed by atoms with Gasteiger partial charge in [0.1, 0.15) is 5.82 Å². The Labute approximate surface area is 177 Å². The van der Waals surface area contributed by atoms with Crippen molar-refractivity contribution < 1.29 is 18.0 Å². The molecule has 0 bridgehead atoms. The summed E-state index contributed by atoms with van der Waals surface area (Å²) in [5.41, 5.74) is 2.24. The van der Waals surface area contributed by atoms with Crippen molar-refractivity contribution in [2.45, 2.75) is 38.9 Å². The van der Waals surface area contributed by atoms with Crippen LogP contribution in [-0.4, -0.2) is 38.8 Å². The number of carbonyl (C=O) groups is 1. The fourth-order valence-corrected chi connectivity index (χ4v) is 3.98. The molecule has 1 aliphatic rings. The smallest absolute Gasteiger partial charge is 0.355 e. The van der Waals surface area contributed by atoms with Gasteiger partial charge in [0, 0.05) is 19.0 Å². The van der Waals surface area contributed by atoms with Crippen molar-refractivity contribution in [3.8, 4) is 0 Å². The van der Waals surface area contributed by atoms with Crippen molar-refractivity contribution in [2.75, 3.05) is 18.0 Å². The number of alkyl halides is 3. The van der Waals surface area contributed by atoms with Gasteiger partial charge in [0.2, 0.25) is 5.91 Å². The SMILES string of the molecule is Cc1ccccc1[C@@H](C)NC(=O)C1CCN(c2ccc3nnc(C(F)(F)F)n3n2)CC1. The number of amides is 1. The maximum atomic E-state index is 13.1. The lowest BCUT2D eigenvalue weighted by atomic mass is 9.94. The number of hydrogen-bond donors (Lipinski definition) is 1. The van der Waals surface area contributed by atoms with Gasteiger partial charge in [0.25, 0.3) is 5.82 Å². The van der Waals surface area contributed by atoms with Gasteiger partial charge in [-0.25, -0.2) is 0 Å². The van der Waals surface area contributed by atoms with Crippen LogP contribution in [0.1, 0.15) is 42.8 Å². The summed E-state index contributed by atoms with van der Waals surface area (Å²) in [6.45, 7) is 5.03. The Morgan fingerprint density at radius 3 is 2.52 bits per heavy atom. The summed E-state index contributed by atoms with van der Waals surface area (Å²) in [7, 11) is 0. The molecule has 2 aromatic heterocycles. The molecule has 0 unspecified atom stereocenters. The Morgan fingerprint density at radius 2 is 1.84 bits per heavy atom. The van der Waals surface area contributed by atoms with E-state index < -0.39 is 12.0 Å². The maximum absolute atomic E-state index is 13.1. The van der Waals surface area contributed by atoms with Crippen LogP contribution in [0.4, 0.5) is 19.0 Å². The Hall–Kier alpha value is -3.17. The molecule has 0 aliphatic carbocycles. The summed E-state index contributed by atoms with van der Waals surface area (Å²) >= 11 is 0. The minimum Gasteiger partial charge on any atom is -0.355 e. The first kappa shape index (κ1) is 21.1. The third-order valence-corrected chi connectivity index (χ3v) is 5.71. The number of anilines is 1. The second-order valence-electron chi connectivity index (χ2n) is 7.83. The Kier molecular flexibility index (Phi) is 5.55. The number of piperidine rings is 1. The monoisotopic (exact) mass is 432 g/mol. The fourth-order valence-electron chi connectivity index (χ4n) is 3.98. The first-order valence-corrected chi connectivity index (χ1v) is 10.1. The molecule has 0 spiro atoms. The molecule has 0 radical (unpaired) electrons. The minimum absolute atomic E-state index is 0.00279. The fraction of sp³-hybridized carbons (Fsp3) is 0.429. The number of rotatable bonds is 4. The average molecular weight is 432 g/mol. The summed E-state index contributed by atoms with van der Waals surface area (Å²) in [4.78, 5) is 14.6. The van der Waals surface area contributed by atoms with Crippen molar-refractivity contribution in [3.05, 3.63) is 53.3 Å². The van der Waals surface area contributed by atoms with E-state index in [0.29, 0.717) is 31.7 Å². The Morgan fingerprint density at radius 1 is 1.13 bits per heavy atom.